The van der Waals surface area contributed by atoms with E-state index in [1.165, 1.54) is 0 Å². The Hall–Kier alpha value is -2.95. The fraction of sp³-hybridized carbons (Fsp3) is 0.318. The van der Waals surface area contributed by atoms with Crippen LogP contribution in [0.1, 0.15) is 45.5 Å². The standard InChI is InChI=1S/C22H21NO4/c24-19(15-6-2-1-3-7-15)16-8-4-5-9-17(16)20(25)23-12-10-22(11-13-23)14-18(22)21(26)27/h1-9,18H,10-14H2,(H,26,27). The third-order valence-corrected chi connectivity index (χ3v) is 5.97. The first-order valence-corrected chi connectivity index (χ1v) is 9.23. The normalized spacial score (nSPS) is 20.3. The zero-order valence-corrected chi connectivity index (χ0v) is 14.9. The topological polar surface area (TPSA) is 74.7 Å². The van der Waals surface area contributed by atoms with E-state index in [0.29, 0.717) is 49.0 Å². The SMILES string of the molecule is O=C(c1ccccc1)c1ccccc1C(=O)N1CCC2(CC1)CC2C(=O)O. The first-order valence-electron chi connectivity index (χ1n) is 9.23. The molecule has 1 heterocycles. The number of amides is 1. The number of carbonyl (C=O) groups is 3. The van der Waals surface area contributed by atoms with Gasteiger partial charge >= 0.3 is 5.97 Å². The number of carbonyl (C=O) groups excluding carboxylic acids is 2. The molecular weight excluding hydrogens is 342 g/mol. The molecule has 5 heteroatoms. The van der Waals surface area contributed by atoms with Crippen LogP contribution in [0, 0.1) is 11.3 Å². The predicted octanol–water partition coefficient (Wildman–Crippen LogP) is 3.24. The second-order valence-corrected chi connectivity index (χ2v) is 7.49. The molecule has 27 heavy (non-hydrogen) atoms. The molecule has 1 unspecified atom stereocenters. The maximum Gasteiger partial charge on any atom is 0.307 e. The van der Waals surface area contributed by atoms with Crippen molar-refractivity contribution in [2.24, 2.45) is 11.3 Å². The smallest absolute Gasteiger partial charge is 0.307 e. The number of nitrogens with zero attached hydrogens (tertiary/aromatic N) is 1. The Morgan fingerprint density at radius 3 is 2.07 bits per heavy atom. The van der Waals surface area contributed by atoms with E-state index in [4.69, 9.17) is 0 Å². The van der Waals surface area contributed by atoms with Crippen LogP contribution in [0.25, 0.3) is 0 Å². The minimum atomic E-state index is -0.728. The third-order valence-electron chi connectivity index (χ3n) is 5.97. The molecule has 2 aliphatic rings. The van der Waals surface area contributed by atoms with Crippen molar-refractivity contribution < 1.29 is 19.5 Å². The van der Waals surface area contributed by atoms with Crippen LogP contribution >= 0.6 is 0 Å². The number of piperidine rings is 1. The Balaban J connectivity index is 1.52. The summed E-state index contributed by atoms with van der Waals surface area (Å²) in [5.74, 6) is -1.31. The van der Waals surface area contributed by atoms with E-state index >= 15 is 0 Å². The summed E-state index contributed by atoms with van der Waals surface area (Å²) in [5, 5.41) is 9.21. The molecule has 1 N–H and O–H groups in total. The molecule has 1 spiro atoms. The molecule has 2 aromatic carbocycles. The van der Waals surface area contributed by atoms with E-state index in [9.17, 15) is 19.5 Å². The molecule has 138 valence electrons. The van der Waals surface area contributed by atoms with Gasteiger partial charge in [-0.3, -0.25) is 14.4 Å². The highest BCUT2D eigenvalue weighted by Crippen LogP contribution is 2.59. The number of hydrogen-bond acceptors (Lipinski definition) is 3. The van der Waals surface area contributed by atoms with Gasteiger partial charge in [-0.05, 0) is 30.7 Å². The second-order valence-electron chi connectivity index (χ2n) is 7.49. The number of carboxylic acid groups (broad SMARTS) is 1. The molecule has 1 saturated heterocycles. The van der Waals surface area contributed by atoms with Crippen LogP contribution < -0.4 is 0 Å². The average molecular weight is 363 g/mol. The number of ketones is 1. The fourth-order valence-corrected chi connectivity index (χ4v) is 4.19. The van der Waals surface area contributed by atoms with E-state index in [0.717, 1.165) is 0 Å². The van der Waals surface area contributed by atoms with E-state index in [2.05, 4.69) is 0 Å². The number of rotatable bonds is 4. The van der Waals surface area contributed by atoms with Crippen LogP contribution in [-0.4, -0.2) is 40.8 Å². The molecule has 1 saturated carbocycles. The molecule has 2 fully saturated rings. The van der Waals surface area contributed by atoms with Gasteiger partial charge in [-0.2, -0.15) is 0 Å². The first kappa shape index (κ1) is 17.5. The van der Waals surface area contributed by atoms with Crippen LogP contribution in [-0.2, 0) is 4.79 Å². The van der Waals surface area contributed by atoms with Gasteiger partial charge in [0.15, 0.2) is 5.78 Å². The predicted molar refractivity (Wildman–Crippen MR) is 99.6 cm³/mol. The fourth-order valence-electron chi connectivity index (χ4n) is 4.19. The van der Waals surface area contributed by atoms with E-state index in [1.54, 1.807) is 53.4 Å². The zero-order valence-electron chi connectivity index (χ0n) is 14.9. The molecule has 4 rings (SSSR count). The lowest BCUT2D eigenvalue weighted by atomic mass is 9.90. The van der Waals surface area contributed by atoms with Gasteiger partial charge in [0.05, 0.1) is 11.5 Å². The highest BCUT2D eigenvalue weighted by atomic mass is 16.4. The summed E-state index contributed by atoms with van der Waals surface area (Å²) in [7, 11) is 0. The molecule has 0 aromatic heterocycles. The van der Waals surface area contributed by atoms with Crippen molar-refractivity contribution in [1.29, 1.82) is 0 Å². The number of likely N-dealkylation sites (tertiary alicyclic amines) is 1. The number of aliphatic carboxylic acids is 1. The minimum absolute atomic E-state index is 0.123. The second kappa shape index (κ2) is 6.65. The number of benzene rings is 2. The molecular formula is C22H21NO4. The number of carboxylic acids is 1. The summed E-state index contributed by atoms with van der Waals surface area (Å²) in [6.45, 7) is 1.08. The van der Waals surface area contributed by atoms with Crippen LogP contribution in [0.3, 0.4) is 0 Å². The molecule has 5 nitrogen and oxygen atoms in total. The van der Waals surface area contributed by atoms with E-state index in [-0.39, 0.29) is 23.0 Å². The lowest BCUT2D eigenvalue weighted by molar-refractivity contribution is -0.139. The lowest BCUT2D eigenvalue weighted by Crippen LogP contribution is -2.40. The molecule has 0 radical (unpaired) electrons. The number of hydrogen-bond donors (Lipinski definition) is 1. The summed E-state index contributed by atoms with van der Waals surface area (Å²) >= 11 is 0. The van der Waals surface area contributed by atoms with Gasteiger partial charge in [-0.1, -0.05) is 48.5 Å². The minimum Gasteiger partial charge on any atom is -0.481 e. The third kappa shape index (κ3) is 3.14. The van der Waals surface area contributed by atoms with Crippen molar-refractivity contribution in [1.82, 2.24) is 4.90 Å². The Labute approximate surface area is 157 Å². The van der Waals surface area contributed by atoms with Gasteiger partial charge in [0, 0.05) is 24.2 Å². The van der Waals surface area contributed by atoms with Gasteiger partial charge < -0.3 is 10.0 Å². The Morgan fingerprint density at radius 1 is 0.889 bits per heavy atom. The Bertz CT molecular complexity index is 898. The van der Waals surface area contributed by atoms with Crippen molar-refractivity contribution in [3.05, 3.63) is 71.3 Å². The summed E-state index contributed by atoms with van der Waals surface area (Å²) in [5.41, 5.74) is 1.25. The zero-order chi connectivity index (χ0) is 19.0. The lowest BCUT2D eigenvalue weighted by Gasteiger charge is -2.33. The van der Waals surface area contributed by atoms with Gasteiger partial charge in [-0.15, -0.1) is 0 Å². The highest BCUT2D eigenvalue weighted by Gasteiger charge is 2.59. The summed E-state index contributed by atoms with van der Waals surface area (Å²) < 4.78 is 0. The largest absolute Gasteiger partial charge is 0.481 e. The molecule has 0 bridgehead atoms. The molecule has 1 aliphatic carbocycles. The highest BCUT2D eigenvalue weighted by molar-refractivity contribution is 6.15. The van der Waals surface area contributed by atoms with Gasteiger partial charge in [0.2, 0.25) is 0 Å². The van der Waals surface area contributed by atoms with Crippen LogP contribution in [0.2, 0.25) is 0 Å². The van der Waals surface area contributed by atoms with Gasteiger partial charge in [0.25, 0.3) is 5.91 Å². The molecule has 2 aromatic rings. The van der Waals surface area contributed by atoms with Gasteiger partial charge in [-0.25, -0.2) is 0 Å². The van der Waals surface area contributed by atoms with E-state index in [1.807, 2.05) is 6.07 Å². The van der Waals surface area contributed by atoms with E-state index < -0.39 is 5.97 Å². The average Bonchev–Trinajstić information content (AvgIpc) is 3.42. The van der Waals surface area contributed by atoms with Crippen molar-refractivity contribution in [2.45, 2.75) is 19.3 Å². The maximum atomic E-state index is 13.1. The molecule has 1 atom stereocenters. The van der Waals surface area contributed by atoms with Crippen molar-refractivity contribution in [2.75, 3.05) is 13.1 Å². The van der Waals surface area contributed by atoms with Crippen LogP contribution in [0.4, 0.5) is 0 Å². The maximum absolute atomic E-state index is 13.1. The summed E-state index contributed by atoms with van der Waals surface area (Å²) in [4.78, 5) is 38.9. The summed E-state index contributed by atoms with van der Waals surface area (Å²) in [6, 6.07) is 15.9. The monoisotopic (exact) mass is 363 g/mol. The summed E-state index contributed by atoms with van der Waals surface area (Å²) in [6.07, 6.45) is 2.14. The Kier molecular flexibility index (Phi) is 4.30. The molecule has 1 aliphatic heterocycles. The first-order chi connectivity index (χ1) is 13.0. The quantitative estimate of drug-likeness (QED) is 0.846. The van der Waals surface area contributed by atoms with Crippen LogP contribution in [0.5, 0.6) is 0 Å². The molecule has 1 amide bonds. The van der Waals surface area contributed by atoms with Crippen molar-refractivity contribution in [3.8, 4) is 0 Å². The van der Waals surface area contributed by atoms with Gasteiger partial charge in [0.1, 0.15) is 0 Å². The van der Waals surface area contributed by atoms with Crippen LogP contribution in [0.15, 0.2) is 54.6 Å². The Morgan fingerprint density at radius 2 is 1.48 bits per heavy atom. The van der Waals surface area contributed by atoms with Crippen molar-refractivity contribution >= 4 is 17.7 Å². The van der Waals surface area contributed by atoms with Crippen molar-refractivity contribution in [3.63, 3.8) is 0 Å².